The number of carbonyl (C=O) groups excluding carboxylic acids is 4. The van der Waals surface area contributed by atoms with Gasteiger partial charge in [0.1, 0.15) is 16.3 Å². The molecule has 6 rings (SSSR count). The highest BCUT2D eigenvalue weighted by Crippen LogP contribution is 2.39. The molecule has 10 heteroatoms. The number of thiophene rings is 1. The lowest BCUT2D eigenvalue weighted by Gasteiger charge is -2.26. The van der Waals surface area contributed by atoms with Crippen molar-refractivity contribution in [3.63, 3.8) is 0 Å². The number of hydrogen-bond donors (Lipinski definition) is 2. The average molecular weight is 623 g/mol. The van der Waals surface area contributed by atoms with Gasteiger partial charge in [-0.2, -0.15) is 0 Å². The molecule has 0 spiro atoms. The number of carbonyl (C=O) groups is 4. The van der Waals surface area contributed by atoms with Gasteiger partial charge in [0.2, 0.25) is 0 Å². The molecule has 0 bridgehead atoms. The van der Waals surface area contributed by atoms with Gasteiger partial charge in [-0.3, -0.25) is 19.7 Å². The second-order valence-corrected chi connectivity index (χ2v) is 12.3. The van der Waals surface area contributed by atoms with Gasteiger partial charge in [-0.25, -0.2) is 9.69 Å². The molecule has 1 fully saturated rings. The molecule has 0 unspecified atom stereocenters. The monoisotopic (exact) mass is 622 g/mol. The third-order valence-corrected chi connectivity index (χ3v) is 9.45. The number of urea groups is 1. The number of hydrogen-bond acceptors (Lipinski definition) is 6. The lowest BCUT2D eigenvalue weighted by molar-refractivity contribution is -0.122. The third-order valence-electron chi connectivity index (χ3n) is 8.17. The normalized spacial score (nSPS) is 15.7. The number of ether oxygens (including phenoxy) is 1. The van der Waals surface area contributed by atoms with E-state index < -0.39 is 17.8 Å². The first-order valence-corrected chi connectivity index (χ1v) is 15.8. The Morgan fingerprint density at radius 2 is 1.71 bits per heavy atom. The van der Waals surface area contributed by atoms with E-state index in [9.17, 15) is 19.2 Å². The highest BCUT2D eigenvalue weighted by Gasteiger charge is 2.37. The Balaban J connectivity index is 1.38. The largest absolute Gasteiger partial charge is 0.494 e. The summed E-state index contributed by atoms with van der Waals surface area (Å²) in [5.41, 5.74) is 6.01. The van der Waals surface area contributed by atoms with E-state index in [0.29, 0.717) is 29.2 Å². The lowest BCUT2D eigenvalue weighted by atomic mass is 9.95. The van der Waals surface area contributed by atoms with Gasteiger partial charge in [-0.05, 0) is 113 Å². The van der Waals surface area contributed by atoms with Crippen molar-refractivity contribution in [1.29, 1.82) is 0 Å². The Labute approximate surface area is 265 Å². The first-order chi connectivity index (χ1) is 21.7. The van der Waals surface area contributed by atoms with Crippen molar-refractivity contribution in [2.24, 2.45) is 0 Å². The minimum absolute atomic E-state index is 0.160. The maximum atomic E-state index is 13.8. The number of imide groups is 2. The number of nitrogens with zero attached hydrogens (tertiary/aromatic N) is 2. The Morgan fingerprint density at radius 1 is 1.00 bits per heavy atom. The molecule has 3 heterocycles. The fourth-order valence-corrected chi connectivity index (χ4v) is 7.42. The van der Waals surface area contributed by atoms with Gasteiger partial charge in [0.15, 0.2) is 0 Å². The van der Waals surface area contributed by atoms with Crippen LogP contribution in [0.5, 0.6) is 5.75 Å². The quantitative estimate of drug-likeness (QED) is 0.177. The fourth-order valence-electron chi connectivity index (χ4n) is 5.93. The first kappa shape index (κ1) is 30.1. The standard InChI is InChI=1S/C35H34N4O5S/c1-5-44-26-16-14-25(15-17-26)39-33(42)28(31(40)37-35(39)43)19-23-18-21(3)38(22(23)4)34-30(27-8-6-7-9-29(27)45-34)32(41)36-24-12-10-20(2)11-13-24/h10-19H,5-9H2,1-4H3,(H,36,41)(H,37,40,43)/b28-19+. The molecule has 9 nitrogen and oxygen atoms in total. The molecule has 2 aromatic carbocycles. The molecule has 1 saturated heterocycles. The summed E-state index contributed by atoms with van der Waals surface area (Å²) in [4.78, 5) is 55.3. The fraction of sp³-hybridized carbons (Fsp3) is 0.257. The van der Waals surface area contributed by atoms with Gasteiger partial charge in [-0.15, -0.1) is 11.3 Å². The van der Waals surface area contributed by atoms with Crippen LogP contribution in [-0.4, -0.2) is 34.9 Å². The molecule has 2 aromatic heterocycles. The molecule has 1 aliphatic carbocycles. The Morgan fingerprint density at radius 3 is 2.42 bits per heavy atom. The number of benzene rings is 2. The summed E-state index contributed by atoms with van der Waals surface area (Å²) in [7, 11) is 0. The van der Waals surface area contributed by atoms with Crippen molar-refractivity contribution in [2.75, 3.05) is 16.8 Å². The van der Waals surface area contributed by atoms with Gasteiger partial charge in [0.25, 0.3) is 17.7 Å². The van der Waals surface area contributed by atoms with Gasteiger partial charge in [-0.1, -0.05) is 17.7 Å². The van der Waals surface area contributed by atoms with Crippen LogP contribution in [0.1, 0.15) is 63.1 Å². The van der Waals surface area contributed by atoms with E-state index in [4.69, 9.17) is 4.74 Å². The number of amides is 5. The highest BCUT2D eigenvalue weighted by atomic mass is 32.1. The molecule has 1 aliphatic heterocycles. The first-order valence-electron chi connectivity index (χ1n) is 15.0. The van der Waals surface area contributed by atoms with Gasteiger partial charge < -0.3 is 14.6 Å². The van der Waals surface area contributed by atoms with Gasteiger partial charge >= 0.3 is 6.03 Å². The number of fused-ring (bicyclic) bond motifs is 1. The maximum absolute atomic E-state index is 13.8. The number of barbiturate groups is 1. The van der Waals surface area contributed by atoms with Crippen LogP contribution in [0.4, 0.5) is 16.2 Å². The van der Waals surface area contributed by atoms with Crippen molar-refractivity contribution in [1.82, 2.24) is 9.88 Å². The zero-order valence-electron chi connectivity index (χ0n) is 25.7. The van der Waals surface area contributed by atoms with Crippen molar-refractivity contribution in [3.05, 3.63) is 98.7 Å². The molecule has 0 atom stereocenters. The average Bonchev–Trinajstić information content (AvgIpc) is 3.52. The van der Waals surface area contributed by atoms with Crippen LogP contribution in [0, 0.1) is 20.8 Å². The van der Waals surface area contributed by atoms with Gasteiger partial charge in [0.05, 0.1) is 17.9 Å². The summed E-state index contributed by atoms with van der Waals surface area (Å²) >= 11 is 1.62. The molecular weight excluding hydrogens is 588 g/mol. The molecule has 45 heavy (non-hydrogen) atoms. The number of aryl methyl sites for hydroxylation is 3. The summed E-state index contributed by atoms with van der Waals surface area (Å²) in [6.45, 7) is 8.19. The van der Waals surface area contributed by atoms with Crippen molar-refractivity contribution in [2.45, 2.75) is 53.4 Å². The Kier molecular flexibility index (Phi) is 8.16. The molecule has 230 valence electrons. The number of anilines is 2. The van der Waals surface area contributed by atoms with Crippen molar-refractivity contribution in [3.8, 4) is 10.8 Å². The predicted molar refractivity (Wildman–Crippen MR) is 176 cm³/mol. The summed E-state index contributed by atoms with van der Waals surface area (Å²) in [6.07, 6.45) is 5.38. The van der Waals surface area contributed by atoms with E-state index in [1.807, 2.05) is 62.6 Å². The molecule has 5 amide bonds. The predicted octanol–water partition coefficient (Wildman–Crippen LogP) is 6.66. The molecule has 2 aliphatic rings. The summed E-state index contributed by atoms with van der Waals surface area (Å²) < 4.78 is 7.50. The van der Waals surface area contributed by atoms with E-state index in [-0.39, 0.29) is 11.5 Å². The summed E-state index contributed by atoms with van der Waals surface area (Å²) in [5.74, 6) is -1.04. The van der Waals surface area contributed by atoms with E-state index in [1.165, 1.54) is 11.0 Å². The van der Waals surface area contributed by atoms with Crippen LogP contribution in [0.2, 0.25) is 0 Å². The third kappa shape index (κ3) is 5.69. The zero-order valence-corrected chi connectivity index (χ0v) is 26.5. The Hall–Kier alpha value is -4.96. The topological polar surface area (TPSA) is 110 Å². The molecular formula is C35H34N4O5S. The van der Waals surface area contributed by atoms with Crippen LogP contribution >= 0.6 is 11.3 Å². The van der Waals surface area contributed by atoms with Gasteiger partial charge in [0, 0.05) is 22.0 Å². The maximum Gasteiger partial charge on any atom is 0.335 e. The molecule has 4 aromatic rings. The van der Waals surface area contributed by atoms with Crippen LogP contribution in [0.25, 0.3) is 11.1 Å². The van der Waals surface area contributed by atoms with E-state index in [0.717, 1.165) is 63.8 Å². The number of nitrogens with one attached hydrogen (secondary N) is 2. The second-order valence-electron chi connectivity index (χ2n) is 11.3. The van der Waals surface area contributed by atoms with Crippen molar-refractivity contribution >= 4 is 52.5 Å². The number of aromatic nitrogens is 1. The van der Waals surface area contributed by atoms with Crippen LogP contribution in [0.3, 0.4) is 0 Å². The highest BCUT2D eigenvalue weighted by molar-refractivity contribution is 7.15. The number of rotatable bonds is 7. The van der Waals surface area contributed by atoms with Crippen LogP contribution in [-0.2, 0) is 22.4 Å². The minimum Gasteiger partial charge on any atom is -0.494 e. The van der Waals surface area contributed by atoms with E-state index >= 15 is 0 Å². The summed E-state index contributed by atoms with van der Waals surface area (Å²) in [5, 5.41) is 6.20. The van der Waals surface area contributed by atoms with E-state index in [1.54, 1.807) is 35.6 Å². The molecule has 2 N–H and O–H groups in total. The molecule has 0 saturated carbocycles. The smallest absolute Gasteiger partial charge is 0.335 e. The van der Waals surface area contributed by atoms with Crippen molar-refractivity contribution < 1.29 is 23.9 Å². The lowest BCUT2D eigenvalue weighted by Crippen LogP contribution is -2.54. The Bertz CT molecular complexity index is 1860. The minimum atomic E-state index is -0.815. The van der Waals surface area contributed by atoms with Crippen LogP contribution in [0.15, 0.2) is 60.2 Å². The second kappa shape index (κ2) is 12.2. The van der Waals surface area contributed by atoms with Crippen LogP contribution < -0.4 is 20.3 Å². The summed E-state index contributed by atoms with van der Waals surface area (Å²) in [6, 6.07) is 15.3. The SMILES string of the molecule is CCOc1ccc(N2C(=O)NC(=O)/C(=C\c3cc(C)n(-c4sc5c(c4C(=O)Nc4ccc(C)cc4)CCCC5)c3C)C2=O)cc1. The molecule has 0 radical (unpaired) electrons. The van der Waals surface area contributed by atoms with E-state index in [2.05, 4.69) is 10.6 Å². The zero-order chi connectivity index (χ0) is 31.8.